The number of carbonyl (C=O) groups excluding carboxylic acids is 2. The molecule has 11 heteroatoms. The van der Waals surface area contributed by atoms with E-state index in [-0.39, 0.29) is 19.4 Å². The number of ether oxygens (including phenoxy) is 2. The summed E-state index contributed by atoms with van der Waals surface area (Å²) >= 11 is 0. The minimum absolute atomic E-state index is 0.140. The standard InChI is InChI=1S/C42H77O10P/c1-3-5-7-9-11-13-15-17-19-21-23-25-27-29-31-33-41(45)49-37-40(38-51-53(47,48)50-36-39(44)35-43)52-42(46)34-32-30-28-26-24-22-20-18-16-14-12-10-8-6-4-2/h17-20,24,26,39-40,43-44H,3-16,21-23,25,27-38H2,1-2H3,(H,47,48)/b19-17+,20-18+,26-24+/t39-,40+/m0/s1. The van der Waals surface area contributed by atoms with Crippen molar-refractivity contribution in [2.45, 2.75) is 193 Å². The molecule has 0 rings (SSSR count). The molecule has 0 aliphatic rings. The van der Waals surface area contributed by atoms with Gasteiger partial charge < -0.3 is 24.6 Å². The van der Waals surface area contributed by atoms with Crippen molar-refractivity contribution in [1.82, 2.24) is 0 Å². The van der Waals surface area contributed by atoms with Gasteiger partial charge in [0.25, 0.3) is 0 Å². The molecule has 0 bridgehead atoms. The Hall–Kier alpha value is -1.81. The van der Waals surface area contributed by atoms with Crippen LogP contribution in [0.15, 0.2) is 36.5 Å². The lowest BCUT2D eigenvalue weighted by molar-refractivity contribution is -0.161. The van der Waals surface area contributed by atoms with Crippen molar-refractivity contribution in [2.75, 3.05) is 26.4 Å². The van der Waals surface area contributed by atoms with Crippen LogP contribution in [0.2, 0.25) is 0 Å². The van der Waals surface area contributed by atoms with Gasteiger partial charge >= 0.3 is 19.8 Å². The molecular weight excluding hydrogens is 695 g/mol. The molecule has 0 aromatic heterocycles. The lowest BCUT2D eigenvalue weighted by Gasteiger charge is -2.20. The summed E-state index contributed by atoms with van der Waals surface area (Å²) in [7, 11) is -4.62. The van der Waals surface area contributed by atoms with E-state index in [9.17, 15) is 24.2 Å². The molecule has 53 heavy (non-hydrogen) atoms. The van der Waals surface area contributed by atoms with Gasteiger partial charge in [0, 0.05) is 12.8 Å². The van der Waals surface area contributed by atoms with Crippen molar-refractivity contribution in [3.8, 4) is 0 Å². The third kappa shape index (κ3) is 38.3. The first kappa shape index (κ1) is 51.2. The lowest BCUT2D eigenvalue weighted by atomic mass is 10.1. The van der Waals surface area contributed by atoms with E-state index >= 15 is 0 Å². The van der Waals surface area contributed by atoms with Gasteiger partial charge in [-0.1, -0.05) is 134 Å². The lowest BCUT2D eigenvalue weighted by Crippen LogP contribution is -2.29. The van der Waals surface area contributed by atoms with E-state index in [0.717, 1.165) is 64.2 Å². The second kappa shape index (κ2) is 38.5. The van der Waals surface area contributed by atoms with Gasteiger partial charge in [0.2, 0.25) is 0 Å². The molecule has 0 saturated heterocycles. The Morgan fingerprint density at radius 1 is 0.566 bits per heavy atom. The fourth-order valence-corrected chi connectivity index (χ4v) is 6.28. The molecule has 10 nitrogen and oxygen atoms in total. The highest BCUT2D eigenvalue weighted by Gasteiger charge is 2.27. The highest BCUT2D eigenvalue weighted by Crippen LogP contribution is 2.43. The number of phosphoric acid groups is 1. The van der Waals surface area contributed by atoms with Gasteiger partial charge in [-0.3, -0.25) is 18.6 Å². The van der Waals surface area contributed by atoms with Crippen LogP contribution < -0.4 is 0 Å². The zero-order valence-electron chi connectivity index (χ0n) is 33.5. The minimum Gasteiger partial charge on any atom is -0.462 e. The molecule has 0 fully saturated rings. The number of unbranched alkanes of at least 4 members (excludes halogenated alkanes) is 19. The number of allylic oxidation sites excluding steroid dienone is 6. The Morgan fingerprint density at radius 3 is 1.51 bits per heavy atom. The number of carbonyl (C=O) groups is 2. The maximum absolute atomic E-state index is 12.6. The van der Waals surface area contributed by atoms with Gasteiger partial charge in [0.15, 0.2) is 6.10 Å². The molecule has 0 heterocycles. The fraction of sp³-hybridized carbons (Fsp3) is 0.810. The Balaban J connectivity index is 4.39. The van der Waals surface area contributed by atoms with Crippen LogP contribution in [-0.4, -0.2) is 65.7 Å². The molecule has 0 aliphatic heterocycles. The third-order valence-corrected chi connectivity index (χ3v) is 9.72. The van der Waals surface area contributed by atoms with E-state index in [1.165, 1.54) is 77.0 Å². The number of esters is 2. The van der Waals surface area contributed by atoms with E-state index < -0.39 is 51.8 Å². The van der Waals surface area contributed by atoms with Crippen LogP contribution in [-0.2, 0) is 32.7 Å². The van der Waals surface area contributed by atoms with Gasteiger partial charge in [-0.05, 0) is 70.6 Å². The third-order valence-electron chi connectivity index (χ3n) is 8.77. The Kier molecular flexibility index (Phi) is 37.2. The van der Waals surface area contributed by atoms with Gasteiger partial charge in [0.05, 0.1) is 19.8 Å². The van der Waals surface area contributed by atoms with Crippen LogP contribution in [0.1, 0.15) is 181 Å². The molecule has 0 aliphatic carbocycles. The highest BCUT2D eigenvalue weighted by atomic mass is 31.2. The first-order chi connectivity index (χ1) is 25.7. The first-order valence-corrected chi connectivity index (χ1v) is 22.4. The molecule has 0 amide bonds. The summed E-state index contributed by atoms with van der Waals surface area (Å²) in [5.74, 6) is -0.972. The van der Waals surface area contributed by atoms with Crippen molar-refractivity contribution >= 4 is 19.8 Å². The average molecular weight is 773 g/mol. The zero-order chi connectivity index (χ0) is 39.1. The largest absolute Gasteiger partial charge is 0.472 e. The maximum atomic E-state index is 12.6. The van der Waals surface area contributed by atoms with Crippen LogP contribution in [0.4, 0.5) is 0 Å². The summed E-state index contributed by atoms with van der Waals surface area (Å²) in [5.41, 5.74) is 0. The summed E-state index contributed by atoms with van der Waals surface area (Å²) in [6.45, 7) is 2.32. The topological polar surface area (TPSA) is 149 Å². The number of aliphatic hydroxyl groups excluding tert-OH is 2. The van der Waals surface area contributed by atoms with E-state index in [2.05, 4.69) is 54.8 Å². The summed E-state index contributed by atoms with van der Waals surface area (Å²) < 4.78 is 32.6. The summed E-state index contributed by atoms with van der Waals surface area (Å²) in [6, 6.07) is 0. The number of hydrogen-bond donors (Lipinski definition) is 3. The van der Waals surface area contributed by atoms with Crippen molar-refractivity contribution in [2.24, 2.45) is 0 Å². The Labute approximate surface area is 322 Å². The molecule has 310 valence electrons. The summed E-state index contributed by atoms with van der Waals surface area (Å²) in [4.78, 5) is 34.9. The predicted octanol–water partition coefficient (Wildman–Crippen LogP) is 10.8. The van der Waals surface area contributed by atoms with Crippen molar-refractivity contribution < 1.29 is 47.8 Å². The van der Waals surface area contributed by atoms with Crippen LogP contribution >= 0.6 is 7.82 Å². The van der Waals surface area contributed by atoms with E-state index in [1.807, 2.05) is 0 Å². The number of aliphatic hydroxyl groups is 2. The Morgan fingerprint density at radius 2 is 0.981 bits per heavy atom. The molecule has 0 spiro atoms. The molecule has 0 aromatic carbocycles. The molecule has 1 unspecified atom stereocenters. The minimum atomic E-state index is -4.62. The van der Waals surface area contributed by atoms with Gasteiger partial charge in [0.1, 0.15) is 12.7 Å². The van der Waals surface area contributed by atoms with Crippen molar-refractivity contribution in [1.29, 1.82) is 0 Å². The molecule has 3 N–H and O–H groups in total. The van der Waals surface area contributed by atoms with Gasteiger partial charge in [-0.15, -0.1) is 0 Å². The molecular formula is C42H77O10P. The van der Waals surface area contributed by atoms with Crippen LogP contribution in [0.3, 0.4) is 0 Å². The normalized spacial score (nSPS) is 14.3. The summed E-state index contributed by atoms with van der Waals surface area (Å²) in [5, 5.41) is 18.3. The monoisotopic (exact) mass is 773 g/mol. The molecule has 3 atom stereocenters. The highest BCUT2D eigenvalue weighted by molar-refractivity contribution is 7.47. The van der Waals surface area contributed by atoms with Crippen LogP contribution in [0.5, 0.6) is 0 Å². The number of phosphoric ester groups is 1. The maximum Gasteiger partial charge on any atom is 0.472 e. The smallest absolute Gasteiger partial charge is 0.462 e. The average Bonchev–Trinajstić information content (AvgIpc) is 3.14. The van der Waals surface area contributed by atoms with Crippen molar-refractivity contribution in [3.63, 3.8) is 0 Å². The van der Waals surface area contributed by atoms with Crippen molar-refractivity contribution in [3.05, 3.63) is 36.5 Å². The second-order valence-corrected chi connectivity index (χ2v) is 15.5. The van der Waals surface area contributed by atoms with Gasteiger partial charge in [-0.25, -0.2) is 4.57 Å². The van der Waals surface area contributed by atoms with Crippen LogP contribution in [0.25, 0.3) is 0 Å². The van der Waals surface area contributed by atoms with Crippen LogP contribution in [0, 0.1) is 0 Å². The summed E-state index contributed by atoms with van der Waals surface area (Å²) in [6.07, 6.45) is 38.3. The Bertz CT molecular complexity index is 983. The first-order valence-electron chi connectivity index (χ1n) is 20.9. The van der Waals surface area contributed by atoms with E-state index in [4.69, 9.17) is 19.1 Å². The SMILES string of the molecule is CCCCCCCC/C=C/C/C=C/CCCCC(=O)O[C@H](COC(=O)CCCCCCC/C=C/CCCCCCCC)COP(=O)(O)OC[C@@H](O)CO. The zero-order valence-corrected chi connectivity index (χ0v) is 34.4. The van der Waals surface area contributed by atoms with E-state index in [1.54, 1.807) is 0 Å². The van der Waals surface area contributed by atoms with Gasteiger partial charge in [-0.2, -0.15) is 0 Å². The predicted molar refractivity (Wildman–Crippen MR) is 214 cm³/mol. The molecule has 0 saturated carbocycles. The molecule has 0 radical (unpaired) electrons. The fourth-order valence-electron chi connectivity index (χ4n) is 5.49. The number of hydrogen-bond acceptors (Lipinski definition) is 9. The second-order valence-electron chi connectivity index (χ2n) is 14.0. The van der Waals surface area contributed by atoms with E-state index in [0.29, 0.717) is 12.8 Å². The quantitative estimate of drug-likeness (QED) is 0.0238. The number of rotatable bonds is 39. The molecule has 0 aromatic rings.